The molecule has 0 aromatic rings. The van der Waals surface area contributed by atoms with Gasteiger partial charge in [-0.15, -0.1) is 0 Å². The van der Waals surface area contributed by atoms with E-state index in [9.17, 15) is 30.0 Å². The van der Waals surface area contributed by atoms with Crippen LogP contribution in [0.5, 0.6) is 0 Å². The minimum Gasteiger partial charge on any atom is -0.394 e. The van der Waals surface area contributed by atoms with E-state index in [1.807, 2.05) is 0 Å². The number of carbonyl (C=O) groups excluding carboxylic acids is 2. The first-order chi connectivity index (χ1) is 14.7. The van der Waals surface area contributed by atoms with Crippen LogP contribution >= 0.6 is 0 Å². The van der Waals surface area contributed by atoms with Gasteiger partial charge >= 0.3 is 0 Å². The van der Waals surface area contributed by atoms with Crippen molar-refractivity contribution in [3.05, 3.63) is 0 Å². The highest BCUT2D eigenvalue weighted by molar-refractivity contribution is 5.73. The first-order valence-electron chi connectivity index (χ1n) is 9.82. The topological polar surface area (TPSA) is 185 Å². The van der Waals surface area contributed by atoms with E-state index in [1.54, 1.807) is 0 Å². The van der Waals surface area contributed by atoms with Gasteiger partial charge in [0, 0.05) is 28.1 Å². The Labute approximate surface area is 179 Å². The van der Waals surface area contributed by atoms with Crippen LogP contribution in [0.25, 0.3) is 0 Å². The molecule has 10 unspecified atom stereocenters. The molecule has 0 saturated carbocycles. The number of ether oxygens (including phenoxy) is 5. The van der Waals surface area contributed by atoms with E-state index in [1.165, 1.54) is 28.1 Å². The second kappa shape index (κ2) is 11.4. The highest BCUT2D eigenvalue weighted by atomic mass is 16.7. The van der Waals surface area contributed by atoms with E-state index >= 15 is 0 Å². The Morgan fingerprint density at radius 2 is 1.26 bits per heavy atom. The van der Waals surface area contributed by atoms with Crippen molar-refractivity contribution in [2.45, 2.75) is 75.1 Å². The average molecular weight is 452 g/mol. The summed E-state index contributed by atoms with van der Waals surface area (Å²) in [7, 11) is 2.63. The number of hydrogen-bond acceptors (Lipinski definition) is 11. The van der Waals surface area contributed by atoms with E-state index in [-0.39, 0.29) is 0 Å². The van der Waals surface area contributed by atoms with Gasteiger partial charge in [-0.2, -0.15) is 0 Å². The number of hydrogen-bond donors (Lipinski definition) is 6. The monoisotopic (exact) mass is 452 g/mol. The lowest BCUT2D eigenvalue weighted by Gasteiger charge is -2.48. The highest BCUT2D eigenvalue weighted by Gasteiger charge is 2.52. The zero-order chi connectivity index (χ0) is 23.3. The molecule has 2 rings (SSSR count). The van der Waals surface area contributed by atoms with Crippen LogP contribution in [0.3, 0.4) is 0 Å². The normalized spacial score (nSPS) is 40.9. The van der Waals surface area contributed by atoms with Gasteiger partial charge in [0.1, 0.15) is 48.7 Å². The smallest absolute Gasteiger partial charge is 0.217 e. The first kappa shape index (κ1) is 25.8. The molecule has 0 radical (unpaired) electrons. The number of aliphatic hydroxyl groups is 4. The summed E-state index contributed by atoms with van der Waals surface area (Å²) in [4.78, 5) is 23.2. The van der Waals surface area contributed by atoms with Crippen molar-refractivity contribution in [3.8, 4) is 0 Å². The Hall–Kier alpha value is -1.42. The van der Waals surface area contributed by atoms with Gasteiger partial charge in [-0.25, -0.2) is 0 Å². The maximum absolute atomic E-state index is 11.7. The second-order valence-electron chi connectivity index (χ2n) is 7.42. The molecule has 10 atom stereocenters. The van der Waals surface area contributed by atoms with Crippen LogP contribution in [0.4, 0.5) is 0 Å². The number of nitrogens with one attached hydrogen (secondary N) is 2. The van der Waals surface area contributed by atoms with Crippen LogP contribution in [0.2, 0.25) is 0 Å². The molecule has 0 aromatic heterocycles. The molecule has 2 fully saturated rings. The number of rotatable bonds is 8. The Morgan fingerprint density at radius 3 is 1.71 bits per heavy atom. The third-order valence-corrected chi connectivity index (χ3v) is 5.24. The van der Waals surface area contributed by atoms with Crippen molar-refractivity contribution in [3.63, 3.8) is 0 Å². The van der Waals surface area contributed by atoms with Gasteiger partial charge in [0.2, 0.25) is 11.8 Å². The van der Waals surface area contributed by atoms with Crippen molar-refractivity contribution in [1.29, 1.82) is 0 Å². The second-order valence-corrected chi connectivity index (χ2v) is 7.42. The Balaban J connectivity index is 2.30. The summed E-state index contributed by atoms with van der Waals surface area (Å²) in [5.41, 5.74) is 0. The number of carbonyl (C=O) groups is 2. The Kier molecular flexibility index (Phi) is 9.54. The van der Waals surface area contributed by atoms with E-state index in [2.05, 4.69) is 10.6 Å². The molecule has 2 amide bonds. The molecule has 2 aliphatic rings. The quantitative estimate of drug-likeness (QED) is 0.212. The van der Waals surface area contributed by atoms with Crippen LogP contribution < -0.4 is 10.6 Å². The molecule has 6 N–H and O–H groups in total. The van der Waals surface area contributed by atoms with Crippen LogP contribution in [0.15, 0.2) is 0 Å². The molecular weight excluding hydrogens is 420 g/mol. The summed E-state index contributed by atoms with van der Waals surface area (Å²) in [6.07, 6.45) is -9.45. The molecule has 2 aliphatic heterocycles. The molecule has 0 aromatic carbocycles. The summed E-state index contributed by atoms with van der Waals surface area (Å²) in [6.45, 7) is 1.39. The zero-order valence-electron chi connectivity index (χ0n) is 17.8. The zero-order valence-corrected chi connectivity index (χ0v) is 17.8. The largest absolute Gasteiger partial charge is 0.394 e. The highest BCUT2D eigenvalue weighted by Crippen LogP contribution is 2.30. The molecule has 31 heavy (non-hydrogen) atoms. The van der Waals surface area contributed by atoms with Crippen LogP contribution in [0.1, 0.15) is 13.8 Å². The van der Waals surface area contributed by atoms with Crippen molar-refractivity contribution in [1.82, 2.24) is 10.6 Å². The maximum atomic E-state index is 11.7. The van der Waals surface area contributed by atoms with Crippen molar-refractivity contribution >= 4 is 11.8 Å². The van der Waals surface area contributed by atoms with Crippen LogP contribution in [-0.2, 0) is 33.3 Å². The van der Waals surface area contributed by atoms with Gasteiger partial charge < -0.3 is 54.7 Å². The summed E-state index contributed by atoms with van der Waals surface area (Å²) in [5, 5.41) is 46.0. The fourth-order valence-corrected chi connectivity index (χ4v) is 3.84. The van der Waals surface area contributed by atoms with Crippen molar-refractivity contribution in [2.75, 3.05) is 27.4 Å². The van der Waals surface area contributed by atoms with Crippen LogP contribution in [0, 0.1) is 0 Å². The summed E-state index contributed by atoms with van der Waals surface area (Å²) < 4.78 is 27.5. The fraction of sp³-hybridized carbons (Fsp3) is 0.889. The summed E-state index contributed by atoms with van der Waals surface area (Å²) in [6, 6.07) is -2.17. The van der Waals surface area contributed by atoms with E-state index in [0.717, 1.165) is 0 Å². The fourth-order valence-electron chi connectivity index (χ4n) is 3.84. The van der Waals surface area contributed by atoms with E-state index < -0.39 is 86.3 Å². The summed E-state index contributed by atoms with van der Waals surface area (Å²) in [5.74, 6) is -0.951. The molecule has 0 aliphatic carbocycles. The van der Waals surface area contributed by atoms with Gasteiger partial charge in [-0.3, -0.25) is 9.59 Å². The van der Waals surface area contributed by atoms with E-state index in [4.69, 9.17) is 23.7 Å². The van der Waals surface area contributed by atoms with Gasteiger partial charge in [-0.1, -0.05) is 0 Å². The predicted molar refractivity (Wildman–Crippen MR) is 101 cm³/mol. The SMILES string of the molecule is COC1OC(CO)C(OC2OC(CO)C(OC)C(O)C2NC(C)=O)C(O)C1NC(C)=O. The third-order valence-electron chi connectivity index (χ3n) is 5.24. The van der Waals surface area contributed by atoms with Gasteiger partial charge in [0.05, 0.1) is 13.2 Å². The van der Waals surface area contributed by atoms with Crippen molar-refractivity contribution in [2.24, 2.45) is 0 Å². The van der Waals surface area contributed by atoms with Crippen LogP contribution in [-0.4, -0.2) is 121 Å². The predicted octanol–water partition coefficient (Wildman–Crippen LogP) is -3.80. The molecule has 0 bridgehead atoms. The molecule has 13 nitrogen and oxygen atoms in total. The molecular formula is C18H32N2O11. The van der Waals surface area contributed by atoms with Gasteiger partial charge in [0.25, 0.3) is 0 Å². The minimum absolute atomic E-state index is 0.459. The standard InChI is InChI=1S/C18H32N2O11/c1-7(23)19-11-14(26)16(10(6-22)29-17(11)28-4)31-18-12(20-8(2)24)13(25)15(27-3)9(5-21)30-18/h9-18,21-22,25-26H,5-6H2,1-4H3,(H,19,23)(H,20,24). The Morgan fingerprint density at radius 1 is 0.806 bits per heavy atom. The lowest BCUT2D eigenvalue weighted by atomic mass is 9.94. The maximum Gasteiger partial charge on any atom is 0.217 e. The molecule has 2 heterocycles. The van der Waals surface area contributed by atoms with E-state index in [0.29, 0.717) is 0 Å². The lowest BCUT2D eigenvalue weighted by Crippen LogP contribution is -2.69. The Bertz CT molecular complexity index is 609. The first-order valence-corrected chi connectivity index (χ1v) is 9.82. The third kappa shape index (κ3) is 5.88. The summed E-state index contributed by atoms with van der Waals surface area (Å²) >= 11 is 0. The number of methoxy groups -OCH3 is 2. The van der Waals surface area contributed by atoms with Crippen molar-refractivity contribution < 1.29 is 53.7 Å². The van der Waals surface area contributed by atoms with Gasteiger partial charge in [0.15, 0.2) is 12.6 Å². The average Bonchev–Trinajstić information content (AvgIpc) is 2.72. The molecule has 180 valence electrons. The number of amides is 2. The number of aliphatic hydroxyl groups excluding tert-OH is 4. The molecule has 0 spiro atoms. The van der Waals surface area contributed by atoms with Gasteiger partial charge in [-0.05, 0) is 0 Å². The minimum atomic E-state index is -1.41. The molecule has 13 heteroatoms. The lowest BCUT2D eigenvalue weighted by molar-refractivity contribution is -0.331. The molecule has 2 saturated heterocycles.